The first-order chi connectivity index (χ1) is 13.2. The van der Waals surface area contributed by atoms with E-state index in [1.807, 2.05) is 84.9 Å². The number of hydrogen-bond acceptors (Lipinski definition) is 3. The van der Waals surface area contributed by atoms with Crippen LogP contribution >= 0.6 is 0 Å². The van der Waals surface area contributed by atoms with Gasteiger partial charge >= 0.3 is 0 Å². The standard InChI is InChI=1S/C24H24O3/c25-23(21-14-8-3-9-15-21)24(26)22(17-16-19-10-4-1-5-11-19)27-18-20-12-6-2-7-13-20/h1-17,22-26H,18H2/b17-16+/t22-,23+,24+/m0/s1. The van der Waals surface area contributed by atoms with Gasteiger partial charge in [0.15, 0.2) is 0 Å². The van der Waals surface area contributed by atoms with Gasteiger partial charge in [-0.1, -0.05) is 103 Å². The summed E-state index contributed by atoms with van der Waals surface area (Å²) in [5.74, 6) is 0. The predicted molar refractivity (Wildman–Crippen MR) is 108 cm³/mol. The van der Waals surface area contributed by atoms with E-state index in [1.165, 1.54) is 0 Å². The minimum Gasteiger partial charge on any atom is -0.387 e. The van der Waals surface area contributed by atoms with Crippen LogP contribution in [0.4, 0.5) is 0 Å². The third-order valence-electron chi connectivity index (χ3n) is 4.36. The number of aliphatic hydroxyl groups excluding tert-OH is 2. The number of ether oxygens (including phenoxy) is 1. The van der Waals surface area contributed by atoms with E-state index < -0.39 is 18.3 Å². The quantitative estimate of drug-likeness (QED) is 0.627. The largest absolute Gasteiger partial charge is 0.387 e. The fourth-order valence-electron chi connectivity index (χ4n) is 2.83. The van der Waals surface area contributed by atoms with E-state index in [0.717, 1.165) is 11.1 Å². The Morgan fingerprint density at radius 1 is 0.741 bits per heavy atom. The van der Waals surface area contributed by atoms with Crippen molar-refractivity contribution in [2.24, 2.45) is 0 Å². The summed E-state index contributed by atoms with van der Waals surface area (Å²) >= 11 is 0. The molecule has 3 atom stereocenters. The van der Waals surface area contributed by atoms with Crippen LogP contribution in [0.2, 0.25) is 0 Å². The zero-order valence-corrected chi connectivity index (χ0v) is 15.1. The second-order valence-corrected chi connectivity index (χ2v) is 6.38. The van der Waals surface area contributed by atoms with Gasteiger partial charge in [-0.05, 0) is 16.7 Å². The summed E-state index contributed by atoms with van der Waals surface area (Å²) in [5, 5.41) is 21.4. The first-order valence-corrected chi connectivity index (χ1v) is 9.04. The molecule has 0 radical (unpaired) electrons. The number of aliphatic hydroxyl groups is 2. The molecule has 3 nitrogen and oxygen atoms in total. The summed E-state index contributed by atoms with van der Waals surface area (Å²) < 4.78 is 5.96. The highest BCUT2D eigenvalue weighted by molar-refractivity contribution is 5.49. The zero-order chi connectivity index (χ0) is 18.9. The fraction of sp³-hybridized carbons (Fsp3) is 0.167. The predicted octanol–water partition coefficient (Wildman–Crippen LogP) is 4.38. The molecule has 3 aromatic rings. The van der Waals surface area contributed by atoms with Gasteiger partial charge in [0.25, 0.3) is 0 Å². The highest BCUT2D eigenvalue weighted by Gasteiger charge is 2.26. The highest BCUT2D eigenvalue weighted by Crippen LogP contribution is 2.22. The molecular formula is C24H24O3. The Balaban J connectivity index is 1.76. The second kappa shape index (κ2) is 9.83. The van der Waals surface area contributed by atoms with E-state index in [1.54, 1.807) is 18.2 Å². The molecule has 0 aliphatic rings. The van der Waals surface area contributed by atoms with Crippen LogP contribution < -0.4 is 0 Å². The molecule has 0 saturated heterocycles. The topological polar surface area (TPSA) is 49.7 Å². The van der Waals surface area contributed by atoms with Crippen LogP contribution in [0, 0.1) is 0 Å². The Bertz CT molecular complexity index is 816. The van der Waals surface area contributed by atoms with Crippen molar-refractivity contribution >= 4 is 6.08 Å². The van der Waals surface area contributed by atoms with Crippen LogP contribution in [0.3, 0.4) is 0 Å². The lowest BCUT2D eigenvalue weighted by Gasteiger charge is -2.25. The van der Waals surface area contributed by atoms with Crippen molar-refractivity contribution in [3.8, 4) is 0 Å². The molecule has 0 aliphatic carbocycles. The average molecular weight is 360 g/mol. The first kappa shape index (κ1) is 19.1. The number of hydrogen-bond donors (Lipinski definition) is 2. The molecule has 0 fully saturated rings. The zero-order valence-electron chi connectivity index (χ0n) is 15.1. The summed E-state index contributed by atoms with van der Waals surface area (Å²) in [5.41, 5.74) is 2.68. The highest BCUT2D eigenvalue weighted by atomic mass is 16.5. The second-order valence-electron chi connectivity index (χ2n) is 6.38. The van der Waals surface area contributed by atoms with E-state index in [0.29, 0.717) is 12.2 Å². The van der Waals surface area contributed by atoms with Gasteiger partial charge in [0.05, 0.1) is 6.61 Å². The van der Waals surface area contributed by atoms with Crippen LogP contribution in [0.5, 0.6) is 0 Å². The molecule has 0 aromatic heterocycles. The molecule has 0 amide bonds. The van der Waals surface area contributed by atoms with E-state index in [9.17, 15) is 10.2 Å². The molecule has 0 unspecified atom stereocenters. The Morgan fingerprint density at radius 2 is 1.30 bits per heavy atom. The summed E-state index contributed by atoms with van der Waals surface area (Å²) in [6.07, 6.45) is 0.926. The molecule has 3 heteroatoms. The van der Waals surface area contributed by atoms with Gasteiger partial charge < -0.3 is 14.9 Å². The van der Waals surface area contributed by atoms with E-state index >= 15 is 0 Å². The first-order valence-electron chi connectivity index (χ1n) is 9.04. The summed E-state index contributed by atoms with van der Waals surface area (Å²) in [6.45, 7) is 0.350. The van der Waals surface area contributed by atoms with Crippen LogP contribution in [0.15, 0.2) is 97.1 Å². The lowest BCUT2D eigenvalue weighted by molar-refractivity contribution is -0.0763. The lowest BCUT2D eigenvalue weighted by Crippen LogP contribution is -2.33. The van der Waals surface area contributed by atoms with Crippen molar-refractivity contribution in [1.29, 1.82) is 0 Å². The molecule has 0 heterocycles. The summed E-state index contributed by atoms with van der Waals surface area (Å²) in [7, 11) is 0. The van der Waals surface area contributed by atoms with Gasteiger partial charge in [-0.15, -0.1) is 0 Å². The maximum absolute atomic E-state index is 10.8. The third-order valence-corrected chi connectivity index (χ3v) is 4.36. The Kier molecular flexibility index (Phi) is 6.94. The van der Waals surface area contributed by atoms with Gasteiger partial charge in [-0.2, -0.15) is 0 Å². The molecule has 27 heavy (non-hydrogen) atoms. The van der Waals surface area contributed by atoms with Crippen LogP contribution in [0.1, 0.15) is 22.8 Å². The molecule has 3 aromatic carbocycles. The van der Waals surface area contributed by atoms with E-state index in [2.05, 4.69) is 0 Å². The van der Waals surface area contributed by atoms with Crippen molar-refractivity contribution in [3.63, 3.8) is 0 Å². The van der Waals surface area contributed by atoms with Crippen LogP contribution in [-0.4, -0.2) is 22.4 Å². The Labute approximate surface area is 160 Å². The van der Waals surface area contributed by atoms with Crippen molar-refractivity contribution in [1.82, 2.24) is 0 Å². The fourth-order valence-corrected chi connectivity index (χ4v) is 2.83. The molecule has 0 aliphatic heterocycles. The number of rotatable bonds is 8. The van der Waals surface area contributed by atoms with E-state index in [4.69, 9.17) is 4.74 Å². The number of benzene rings is 3. The Morgan fingerprint density at radius 3 is 1.93 bits per heavy atom. The van der Waals surface area contributed by atoms with Gasteiger partial charge in [0.1, 0.15) is 18.3 Å². The molecule has 3 rings (SSSR count). The van der Waals surface area contributed by atoms with Gasteiger partial charge in [-0.3, -0.25) is 0 Å². The van der Waals surface area contributed by atoms with Crippen molar-refractivity contribution < 1.29 is 14.9 Å². The van der Waals surface area contributed by atoms with E-state index in [-0.39, 0.29) is 0 Å². The SMILES string of the molecule is O[C@H]([C@H](/C=C/c1ccccc1)OCc1ccccc1)[C@H](O)c1ccccc1. The molecular weight excluding hydrogens is 336 g/mol. The smallest absolute Gasteiger partial charge is 0.114 e. The average Bonchev–Trinajstić information content (AvgIpc) is 2.75. The van der Waals surface area contributed by atoms with Crippen molar-refractivity contribution in [2.45, 2.75) is 24.9 Å². The maximum atomic E-state index is 10.8. The van der Waals surface area contributed by atoms with Crippen LogP contribution in [-0.2, 0) is 11.3 Å². The lowest BCUT2D eigenvalue weighted by atomic mass is 9.99. The monoisotopic (exact) mass is 360 g/mol. The molecule has 0 bridgehead atoms. The van der Waals surface area contributed by atoms with Gasteiger partial charge in [0, 0.05) is 0 Å². The van der Waals surface area contributed by atoms with Crippen molar-refractivity contribution in [2.75, 3.05) is 0 Å². The van der Waals surface area contributed by atoms with Crippen LogP contribution in [0.25, 0.3) is 6.08 Å². The molecule has 2 N–H and O–H groups in total. The van der Waals surface area contributed by atoms with Gasteiger partial charge in [-0.25, -0.2) is 0 Å². The molecule has 0 saturated carbocycles. The normalized spacial score (nSPS) is 14.7. The summed E-state index contributed by atoms with van der Waals surface area (Å²) in [4.78, 5) is 0. The minimum atomic E-state index is -1.09. The summed E-state index contributed by atoms with van der Waals surface area (Å²) in [6, 6.07) is 28.7. The minimum absolute atomic E-state index is 0.350. The third kappa shape index (κ3) is 5.63. The Hall–Kier alpha value is -2.72. The maximum Gasteiger partial charge on any atom is 0.114 e. The molecule has 0 spiro atoms. The molecule has 138 valence electrons. The van der Waals surface area contributed by atoms with Crippen molar-refractivity contribution in [3.05, 3.63) is 114 Å². The van der Waals surface area contributed by atoms with Gasteiger partial charge in [0.2, 0.25) is 0 Å².